The second-order valence-corrected chi connectivity index (χ2v) is 8.81. The molecule has 1 amide bonds. The third-order valence-corrected chi connectivity index (χ3v) is 6.66. The molecule has 0 aliphatic rings. The predicted molar refractivity (Wildman–Crippen MR) is 120 cm³/mol. The van der Waals surface area contributed by atoms with Gasteiger partial charge in [0.2, 0.25) is 5.91 Å². The Labute approximate surface area is 179 Å². The molecular weight excluding hydrogens is 414 g/mol. The summed E-state index contributed by atoms with van der Waals surface area (Å²) in [6.45, 7) is 2.49. The minimum atomic E-state index is -4.20. The molecule has 0 aromatic heterocycles. The molecule has 0 radical (unpaired) electrons. The number of fused-ring (bicyclic) bond motifs is 2. The van der Waals surface area contributed by atoms with Crippen molar-refractivity contribution in [3.63, 3.8) is 0 Å². The molecule has 0 bridgehead atoms. The number of ether oxygens (including phenoxy) is 1. The Bertz CT molecular complexity index is 1440. The molecule has 31 heavy (non-hydrogen) atoms. The number of carbonyl (C=O) groups is 2. The first-order chi connectivity index (χ1) is 14.8. The van der Waals surface area contributed by atoms with Crippen LogP contribution >= 0.6 is 0 Å². The van der Waals surface area contributed by atoms with Crippen LogP contribution in [-0.2, 0) is 19.6 Å². The van der Waals surface area contributed by atoms with Crippen molar-refractivity contribution in [3.8, 4) is 5.75 Å². The van der Waals surface area contributed by atoms with Gasteiger partial charge in [0.15, 0.2) is 0 Å². The number of rotatable bonds is 4. The lowest BCUT2D eigenvalue weighted by Gasteiger charge is -2.23. The highest BCUT2D eigenvalue weighted by molar-refractivity contribution is 7.93. The maximum Gasteiger partial charge on any atom is 0.308 e. The highest BCUT2D eigenvalue weighted by Crippen LogP contribution is 2.36. The lowest BCUT2D eigenvalue weighted by atomic mass is 10.1. The van der Waals surface area contributed by atoms with Gasteiger partial charge < -0.3 is 4.74 Å². The summed E-state index contributed by atoms with van der Waals surface area (Å²) in [6.07, 6.45) is 0. The Morgan fingerprint density at radius 3 is 2.10 bits per heavy atom. The molecule has 0 fully saturated rings. The lowest BCUT2D eigenvalue weighted by Crippen LogP contribution is -2.35. The Balaban J connectivity index is 1.92. The minimum Gasteiger partial charge on any atom is -0.426 e. The molecule has 0 unspecified atom stereocenters. The second-order valence-electron chi connectivity index (χ2n) is 7.02. The molecule has 6 nitrogen and oxygen atoms in total. The van der Waals surface area contributed by atoms with Gasteiger partial charge in [-0.05, 0) is 35.0 Å². The average molecular weight is 433 g/mol. The van der Waals surface area contributed by atoms with Crippen LogP contribution in [0.3, 0.4) is 0 Å². The highest BCUT2D eigenvalue weighted by Gasteiger charge is 2.30. The summed E-state index contributed by atoms with van der Waals surface area (Å²) < 4.78 is 33.1. The average Bonchev–Trinajstić information content (AvgIpc) is 2.74. The molecule has 156 valence electrons. The number of hydrogen-bond donors (Lipinski definition) is 0. The van der Waals surface area contributed by atoms with Gasteiger partial charge in [-0.15, -0.1) is 0 Å². The quantitative estimate of drug-likeness (QED) is 0.345. The number of hydrogen-bond acceptors (Lipinski definition) is 5. The number of nitrogens with zero attached hydrogens (tertiary/aromatic N) is 1. The van der Waals surface area contributed by atoms with Gasteiger partial charge in [0.05, 0.1) is 10.6 Å². The summed E-state index contributed by atoms with van der Waals surface area (Å²) in [7, 11) is -4.20. The van der Waals surface area contributed by atoms with E-state index in [9.17, 15) is 18.0 Å². The van der Waals surface area contributed by atoms with Crippen molar-refractivity contribution in [3.05, 3.63) is 78.9 Å². The minimum absolute atomic E-state index is 0.00884. The Morgan fingerprint density at radius 2 is 1.42 bits per heavy atom. The van der Waals surface area contributed by atoms with Gasteiger partial charge in [-0.1, -0.05) is 54.6 Å². The molecule has 4 aromatic rings. The Kier molecular flexibility index (Phi) is 5.20. The fraction of sp³-hybridized carbons (Fsp3) is 0.0833. The highest BCUT2D eigenvalue weighted by atomic mass is 32.2. The summed E-state index contributed by atoms with van der Waals surface area (Å²) >= 11 is 0. The van der Waals surface area contributed by atoms with Crippen molar-refractivity contribution < 1.29 is 22.7 Å². The normalized spacial score (nSPS) is 11.4. The maximum atomic E-state index is 13.5. The first kappa shape index (κ1) is 20.6. The van der Waals surface area contributed by atoms with Gasteiger partial charge in [0.1, 0.15) is 5.75 Å². The number of amides is 1. The van der Waals surface area contributed by atoms with Crippen LogP contribution in [0.15, 0.2) is 83.8 Å². The summed E-state index contributed by atoms with van der Waals surface area (Å²) in [5, 5.41) is 2.64. The molecule has 7 heteroatoms. The zero-order valence-corrected chi connectivity index (χ0v) is 17.7. The van der Waals surface area contributed by atoms with E-state index in [1.54, 1.807) is 36.4 Å². The van der Waals surface area contributed by atoms with Crippen LogP contribution in [0.2, 0.25) is 0 Å². The second kappa shape index (κ2) is 7.85. The van der Waals surface area contributed by atoms with Crippen LogP contribution in [0, 0.1) is 0 Å². The summed E-state index contributed by atoms with van der Waals surface area (Å²) in [5.74, 6) is -0.859. The molecule has 0 N–H and O–H groups in total. The smallest absolute Gasteiger partial charge is 0.308 e. The third kappa shape index (κ3) is 3.75. The van der Waals surface area contributed by atoms with Crippen molar-refractivity contribution in [2.45, 2.75) is 18.7 Å². The van der Waals surface area contributed by atoms with Crippen LogP contribution < -0.4 is 9.04 Å². The van der Waals surface area contributed by atoms with E-state index in [4.69, 9.17) is 4.74 Å². The molecule has 0 aliphatic carbocycles. The molecule has 4 aromatic carbocycles. The van der Waals surface area contributed by atoms with Crippen LogP contribution in [0.5, 0.6) is 5.75 Å². The first-order valence-electron chi connectivity index (χ1n) is 9.54. The lowest BCUT2D eigenvalue weighted by molar-refractivity contribution is -0.131. The van der Waals surface area contributed by atoms with E-state index in [-0.39, 0.29) is 10.6 Å². The SMILES string of the molecule is CC(=O)Oc1ccc(N(C(C)=O)S(=O)(=O)c2ccc3ccccc3c2)c2ccccc12. The van der Waals surface area contributed by atoms with E-state index in [1.807, 2.05) is 24.3 Å². The van der Waals surface area contributed by atoms with Crippen LogP contribution in [-0.4, -0.2) is 20.3 Å². The first-order valence-corrected chi connectivity index (χ1v) is 11.0. The molecule has 0 saturated carbocycles. The van der Waals surface area contributed by atoms with E-state index < -0.39 is 21.9 Å². The van der Waals surface area contributed by atoms with Gasteiger partial charge >= 0.3 is 5.97 Å². The summed E-state index contributed by atoms with van der Waals surface area (Å²) in [4.78, 5) is 24.1. The largest absolute Gasteiger partial charge is 0.426 e. The number of carbonyl (C=O) groups excluding carboxylic acids is 2. The van der Waals surface area contributed by atoms with Crippen molar-refractivity contribution in [2.75, 3.05) is 4.31 Å². The van der Waals surface area contributed by atoms with E-state index in [0.29, 0.717) is 16.5 Å². The van der Waals surface area contributed by atoms with Crippen molar-refractivity contribution in [1.82, 2.24) is 0 Å². The van der Waals surface area contributed by atoms with E-state index >= 15 is 0 Å². The summed E-state index contributed by atoms with van der Waals surface area (Å²) in [5.41, 5.74) is 0.187. The number of sulfonamides is 1. The Hall–Kier alpha value is -3.71. The van der Waals surface area contributed by atoms with Gasteiger partial charge in [-0.3, -0.25) is 9.59 Å². The summed E-state index contributed by atoms with van der Waals surface area (Å²) in [6, 6.07) is 22.0. The van der Waals surface area contributed by atoms with Gasteiger partial charge in [-0.25, -0.2) is 12.7 Å². The molecule has 0 atom stereocenters. The number of anilines is 1. The van der Waals surface area contributed by atoms with Gasteiger partial charge in [0.25, 0.3) is 10.0 Å². The fourth-order valence-electron chi connectivity index (χ4n) is 3.58. The van der Waals surface area contributed by atoms with E-state index in [1.165, 1.54) is 32.0 Å². The molecule has 4 rings (SSSR count). The third-order valence-electron chi connectivity index (χ3n) is 4.88. The van der Waals surface area contributed by atoms with Gasteiger partial charge in [0, 0.05) is 24.6 Å². The van der Waals surface area contributed by atoms with Crippen LogP contribution in [0.4, 0.5) is 5.69 Å². The topological polar surface area (TPSA) is 80.8 Å². The van der Waals surface area contributed by atoms with E-state index in [0.717, 1.165) is 15.1 Å². The standard InChI is InChI=1S/C24H19NO5S/c1-16(26)25(31(28,29)20-12-11-18-7-3-4-8-19(18)15-20)23-13-14-24(30-17(2)27)22-10-6-5-9-21(22)23/h3-15H,1-2H3. The van der Waals surface area contributed by atoms with Crippen LogP contribution in [0.1, 0.15) is 13.8 Å². The van der Waals surface area contributed by atoms with Crippen LogP contribution in [0.25, 0.3) is 21.5 Å². The maximum absolute atomic E-state index is 13.5. The molecule has 0 heterocycles. The fourth-order valence-corrected chi connectivity index (χ4v) is 5.06. The van der Waals surface area contributed by atoms with Crippen molar-refractivity contribution >= 4 is 49.1 Å². The zero-order chi connectivity index (χ0) is 22.2. The molecular formula is C24H19NO5S. The molecule has 0 spiro atoms. The molecule has 0 aliphatic heterocycles. The predicted octanol–water partition coefficient (Wildman–Crippen LogP) is 4.66. The zero-order valence-electron chi connectivity index (χ0n) is 16.9. The number of benzene rings is 4. The molecule has 0 saturated heterocycles. The monoisotopic (exact) mass is 433 g/mol. The Morgan fingerprint density at radius 1 is 0.774 bits per heavy atom. The number of esters is 1. The van der Waals surface area contributed by atoms with E-state index in [2.05, 4.69) is 0 Å². The van der Waals surface area contributed by atoms with Gasteiger partial charge in [-0.2, -0.15) is 0 Å². The van der Waals surface area contributed by atoms with Crippen molar-refractivity contribution in [2.24, 2.45) is 0 Å². The van der Waals surface area contributed by atoms with Crippen molar-refractivity contribution in [1.29, 1.82) is 0 Å².